The quantitative estimate of drug-likeness (QED) is 0.758. The molecule has 0 spiro atoms. The van der Waals surface area contributed by atoms with Crippen molar-refractivity contribution in [2.24, 2.45) is 0 Å². The van der Waals surface area contributed by atoms with E-state index < -0.39 is 0 Å². The summed E-state index contributed by atoms with van der Waals surface area (Å²) in [5.41, 5.74) is 1.43. The van der Waals surface area contributed by atoms with Crippen LogP contribution in [0.25, 0.3) is 0 Å². The first-order valence-corrected chi connectivity index (χ1v) is 4.74. The summed E-state index contributed by atoms with van der Waals surface area (Å²) in [6.07, 6.45) is 5.84. The number of hydrogen-bond donors (Lipinski definition) is 1. The third-order valence-corrected chi connectivity index (χ3v) is 1.90. The number of aromatic nitrogens is 1. The molecule has 76 valence electrons. The van der Waals surface area contributed by atoms with Crippen molar-refractivity contribution in [1.29, 1.82) is 5.26 Å². The number of nitrogens with zero attached hydrogens (tertiary/aromatic N) is 2. The molecular formula is C12H13N3. The van der Waals surface area contributed by atoms with Gasteiger partial charge in [0, 0.05) is 18.2 Å². The average molecular weight is 199 g/mol. The fourth-order valence-electron chi connectivity index (χ4n) is 1.29. The van der Waals surface area contributed by atoms with Crippen LogP contribution in [0.5, 0.6) is 0 Å². The third kappa shape index (κ3) is 3.32. The molecule has 0 radical (unpaired) electrons. The van der Waals surface area contributed by atoms with E-state index in [1.165, 1.54) is 0 Å². The molecule has 15 heavy (non-hydrogen) atoms. The van der Waals surface area contributed by atoms with Crippen molar-refractivity contribution in [3.63, 3.8) is 0 Å². The zero-order valence-corrected chi connectivity index (χ0v) is 8.91. The molecule has 0 amide bonds. The number of nitriles is 1. The first-order valence-electron chi connectivity index (χ1n) is 4.74. The second-order valence-corrected chi connectivity index (χ2v) is 3.45. The van der Waals surface area contributed by atoms with Gasteiger partial charge in [0.15, 0.2) is 0 Å². The maximum Gasteiger partial charge on any atom is 0.127 e. The highest BCUT2D eigenvalue weighted by Crippen LogP contribution is 2.11. The molecule has 0 aliphatic heterocycles. The van der Waals surface area contributed by atoms with Gasteiger partial charge in [-0.15, -0.1) is 12.3 Å². The summed E-state index contributed by atoms with van der Waals surface area (Å²) in [5, 5.41) is 11.9. The number of hydrogen-bond acceptors (Lipinski definition) is 3. The van der Waals surface area contributed by atoms with Crippen LogP contribution in [0.1, 0.15) is 24.6 Å². The summed E-state index contributed by atoms with van der Waals surface area (Å²) in [4.78, 5) is 4.27. The van der Waals surface area contributed by atoms with Crippen LogP contribution in [-0.2, 0) is 0 Å². The molecule has 1 atom stereocenters. The largest absolute Gasteiger partial charge is 0.367 e. The van der Waals surface area contributed by atoms with Gasteiger partial charge in [-0.1, -0.05) is 0 Å². The Morgan fingerprint density at radius 2 is 2.33 bits per heavy atom. The van der Waals surface area contributed by atoms with Crippen LogP contribution in [0.2, 0.25) is 0 Å². The molecule has 3 heteroatoms. The molecule has 1 unspecified atom stereocenters. The lowest BCUT2D eigenvalue weighted by molar-refractivity contribution is 0.820. The Kier molecular flexibility index (Phi) is 3.71. The lowest BCUT2D eigenvalue weighted by Crippen LogP contribution is -2.15. The lowest BCUT2D eigenvalue weighted by Gasteiger charge is -2.12. The molecule has 1 heterocycles. The van der Waals surface area contributed by atoms with Gasteiger partial charge >= 0.3 is 0 Å². The number of terminal acetylenes is 1. The van der Waals surface area contributed by atoms with Gasteiger partial charge in [0.25, 0.3) is 0 Å². The SMILES string of the molecule is C#CCC(C)Nc1cc(C#N)cc(C)n1. The Morgan fingerprint density at radius 1 is 1.60 bits per heavy atom. The molecule has 1 aromatic rings. The van der Waals surface area contributed by atoms with Crippen molar-refractivity contribution in [2.45, 2.75) is 26.3 Å². The summed E-state index contributed by atoms with van der Waals surface area (Å²) in [6, 6.07) is 5.73. The standard InChI is InChI=1S/C12H13N3/c1-4-5-9(2)14-12-7-11(8-13)6-10(3)15-12/h1,6-7,9H,5H2,2-3H3,(H,14,15). The van der Waals surface area contributed by atoms with E-state index in [1.807, 2.05) is 13.8 Å². The number of aryl methyl sites for hydroxylation is 1. The van der Waals surface area contributed by atoms with E-state index in [9.17, 15) is 0 Å². The molecule has 0 aliphatic carbocycles. The number of pyridine rings is 1. The zero-order chi connectivity index (χ0) is 11.3. The summed E-state index contributed by atoms with van der Waals surface area (Å²) in [7, 11) is 0. The van der Waals surface area contributed by atoms with Crippen LogP contribution in [-0.4, -0.2) is 11.0 Å². The second kappa shape index (κ2) is 5.02. The van der Waals surface area contributed by atoms with E-state index >= 15 is 0 Å². The zero-order valence-electron chi connectivity index (χ0n) is 8.91. The van der Waals surface area contributed by atoms with Gasteiger partial charge in [-0.25, -0.2) is 4.98 Å². The van der Waals surface area contributed by atoms with E-state index in [0.717, 1.165) is 5.69 Å². The van der Waals surface area contributed by atoms with Gasteiger partial charge in [-0.3, -0.25) is 0 Å². The van der Waals surface area contributed by atoms with E-state index in [0.29, 0.717) is 17.8 Å². The minimum absolute atomic E-state index is 0.163. The highest BCUT2D eigenvalue weighted by Gasteiger charge is 2.03. The summed E-state index contributed by atoms with van der Waals surface area (Å²) >= 11 is 0. The number of anilines is 1. The Bertz CT molecular complexity index is 423. The van der Waals surface area contributed by atoms with E-state index in [2.05, 4.69) is 22.3 Å². The van der Waals surface area contributed by atoms with Crippen molar-refractivity contribution in [1.82, 2.24) is 4.98 Å². The van der Waals surface area contributed by atoms with Crippen LogP contribution in [0.4, 0.5) is 5.82 Å². The molecule has 1 N–H and O–H groups in total. The lowest BCUT2D eigenvalue weighted by atomic mass is 10.2. The van der Waals surface area contributed by atoms with Gasteiger partial charge in [-0.2, -0.15) is 5.26 Å². The molecule has 0 aliphatic rings. The van der Waals surface area contributed by atoms with Crippen LogP contribution in [0.15, 0.2) is 12.1 Å². The maximum atomic E-state index is 8.79. The minimum atomic E-state index is 0.163. The molecule has 0 saturated heterocycles. The molecule has 0 aromatic carbocycles. The van der Waals surface area contributed by atoms with Gasteiger partial charge in [-0.05, 0) is 26.0 Å². The maximum absolute atomic E-state index is 8.79. The Morgan fingerprint density at radius 3 is 2.93 bits per heavy atom. The van der Waals surface area contributed by atoms with Crippen LogP contribution >= 0.6 is 0 Å². The van der Waals surface area contributed by atoms with Gasteiger partial charge in [0.05, 0.1) is 11.6 Å². The van der Waals surface area contributed by atoms with Crippen molar-refractivity contribution >= 4 is 5.82 Å². The van der Waals surface area contributed by atoms with E-state index in [4.69, 9.17) is 11.7 Å². The molecule has 3 nitrogen and oxygen atoms in total. The molecular weight excluding hydrogens is 186 g/mol. The van der Waals surface area contributed by atoms with Crippen molar-refractivity contribution in [2.75, 3.05) is 5.32 Å². The Hall–Kier alpha value is -2.00. The topological polar surface area (TPSA) is 48.7 Å². The fourth-order valence-corrected chi connectivity index (χ4v) is 1.29. The highest BCUT2D eigenvalue weighted by atomic mass is 15.0. The normalized spacial score (nSPS) is 11.2. The first kappa shape index (κ1) is 11.1. The Balaban J connectivity index is 2.83. The van der Waals surface area contributed by atoms with Gasteiger partial charge in [0.2, 0.25) is 0 Å². The van der Waals surface area contributed by atoms with Crippen LogP contribution < -0.4 is 5.32 Å². The average Bonchev–Trinajstić information content (AvgIpc) is 2.17. The van der Waals surface area contributed by atoms with Crippen molar-refractivity contribution in [3.05, 3.63) is 23.4 Å². The number of rotatable bonds is 3. The van der Waals surface area contributed by atoms with Crippen LogP contribution in [0.3, 0.4) is 0 Å². The molecule has 0 bridgehead atoms. The summed E-state index contributed by atoms with van der Waals surface area (Å²) in [6.45, 7) is 3.84. The predicted molar refractivity (Wildman–Crippen MR) is 60.2 cm³/mol. The van der Waals surface area contributed by atoms with Crippen molar-refractivity contribution in [3.8, 4) is 18.4 Å². The smallest absolute Gasteiger partial charge is 0.127 e. The van der Waals surface area contributed by atoms with Gasteiger partial charge < -0.3 is 5.32 Å². The summed E-state index contributed by atoms with van der Waals surface area (Å²) in [5.74, 6) is 3.28. The van der Waals surface area contributed by atoms with E-state index in [-0.39, 0.29) is 6.04 Å². The number of nitrogens with one attached hydrogen (secondary N) is 1. The molecule has 0 saturated carbocycles. The highest BCUT2D eigenvalue weighted by molar-refractivity contribution is 5.44. The second-order valence-electron chi connectivity index (χ2n) is 3.45. The third-order valence-electron chi connectivity index (χ3n) is 1.90. The van der Waals surface area contributed by atoms with Gasteiger partial charge in [0.1, 0.15) is 5.82 Å². The van der Waals surface area contributed by atoms with Crippen LogP contribution in [0, 0.1) is 30.6 Å². The Labute approximate surface area is 90.1 Å². The molecule has 1 rings (SSSR count). The molecule has 0 fully saturated rings. The van der Waals surface area contributed by atoms with E-state index in [1.54, 1.807) is 12.1 Å². The monoisotopic (exact) mass is 199 g/mol. The first-order chi connectivity index (χ1) is 7.15. The summed E-state index contributed by atoms with van der Waals surface area (Å²) < 4.78 is 0. The minimum Gasteiger partial charge on any atom is -0.367 e. The predicted octanol–water partition coefficient (Wildman–Crippen LogP) is 2.09. The fraction of sp³-hybridized carbons (Fsp3) is 0.333. The molecule has 1 aromatic heterocycles. The van der Waals surface area contributed by atoms with Crippen molar-refractivity contribution < 1.29 is 0 Å².